The molecule has 0 saturated carbocycles. The Morgan fingerprint density at radius 1 is 1.23 bits per heavy atom. The van der Waals surface area contributed by atoms with Gasteiger partial charge in [0.1, 0.15) is 5.75 Å². The number of benzene rings is 1. The maximum atomic E-state index is 6.04. The Morgan fingerprint density at radius 2 is 1.91 bits per heavy atom. The smallest absolute Gasteiger partial charge is 0.117 e. The van der Waals surface area contributed by atoms with Gasteiger partial charge in [-0.2, -0.15) is 23.8 Å². The molecule has 5 heteroatoms. The summed E-state index contributed by atoms with van der Waals surface area (Å²) in [7, 11) is 3.61. The summed E-state index contributed by atoms with van der Waals surface area (Å²) in [5, 5.41) is 0.611. The summed E-state index contributed by atoms with van der Waals surface area (Å²) in [5.41, 5.74) is 2.75. The first-order valence-corrected chi connectivity index (χ1v) is 7.15. The zero-order chi connectivity index (χ0) is 15.2. The number of rotatable bonds is 6. The van der Waals surface area contributed by atoms with Crippen molar-refractivity contribution in [2.75, 3.05) is 27.4 Å². The minimum Gasteiger partial charge on any atom is -0.494 e. The van der Waals surface area contributed by atoms with Gasteiger partial charge in [0.2, 0.25) is 0 Å². The van der Waals surface area contributed by atoms with Crippen LogP contribution in [0.15, 0.2) is 47.6 Å². The van der Waals surface area contributed by atoms with Crippen LogP contribution in [0.5, 0.6) is 5.75 Å². The average Bonchev–Trinajstić information content (AvgIpc) is 2.50. The van der Waals surface area contributed by atoms with Crippen LogP contribution in [0, 0.1) is 6.08 Å². The van der Waals surface area contributed by atoms with Gasteiger partial charge in [0, 0.05) is 59.9 Å². The summed E-state index contributed by atoms with van der Waals surface area (Å²) < 4.78 is 10.6. The minimum absolute atomic E-state index is 0. The van der Waals surface area contributed by atoms with Gasteiger partial charge in [-0.3, -0.25) is 0 Å². The third-order valence-electron chi connectivity index (χ3n) is 3.24. The Morgan fingerprint density at radius 3 is 2.55 bits per heavy atom. The fraction of sp³-hybridized carbons (Fsp3) is 0.294. The zero-order valence-electron chi connectivity index (χ0n) is 12.9. The van der Waals surface area contributed by atoms with E-state index in [1.165, 1.54) is 0 Å². The van der Waals surface area contributed by atoms with E-state index in [0.29, 0.717) is 18.2 Å². The molecule has 0 atom stereocenters. The van der Waals surface area contributed by atoms with Gasteiger partial charge in [-0.15, -0.1) is 12.1 Å². The quantitative estimate of drug-likeness (QED) is 0.542. The summed E-state index contributed by atoms with van der Waals surface area (Å²) >= 11 is 6.04. The summed E-state index contributed by atoms with van der Waals surface area (Å²) in [6.45, 7) is 5.31. The van der Waals surface area contributed by atoms with Gasteiger partial charge in [-0.05, 0) is 22.9 Å². The van der Waals surface area contributed by atoms with Crippen LogP contribution in [-0.2, 0) is 37.4 Å². The molecule has 1 aromatic carbocycles. The second-order valence-electron chi connectivity index (χ2n) is 4.71. The number of ether oxygens (including phenoxy) is 2. The average molecular weight is 394 g/mol. The van der Waals surface area contributed by atoms with E-state index >= 15 is 0 Å². The molecule has 3 nitrogen and oxygen atoms in total. The van der Waals surface area contributed by atoms with Crippen molar-refractivity contribution < 1.29 is 42.2 Å². The number of methoxy groups -OCH3 is 1. The molecule has 0 fully saturated rings. The van der Waals surface area contributed by atoms with E-state index in [2.05, 4.69) is 12.7 Å². The molecule has 0 bridgehead atoms. The molecule has 22 heavy (non-hydrogen) atoms. The standard InChI is InChI=1S/C17H19ClNO2.Y/c1-13-16(18)9-10-17(19(13)2)14-5-7-15(8-6-14)21-12-4-11-20-3;/h5-9H,1,4,11-12H2,2-3H3;/q-1;. The van der Waals surface area contributed by atoms with Gasteiger partial charge in [0.25, 0.3) is 0 Å². The predicted octanol–water partition coefficient (Wildman–Crippen LogP) is 3.83. The molecule has 0 unspecified atom stereocenters. The monoisotopic (exact) mass is 393 g/mol. The molecule has 0 spiro atoms. The molecule has 115 valence electrons. The van der Waals surface area contributed by atoms with Gasteiger partial charge in [0.05, 0.1) is 6.61 Å². The summed E-state index contributed by atoms with van der Waals surface area (Å²) in [6.07, 6.45) is 5.80. The molecule has 0 aromatic heterocycles. The number of nitrogens with zero attached hydrogens (tertiary/aromatic N) is 1. The molecule has 1 aliphatic heterocycles. The van der Waals surface area contributed by atoms with Crippen LogP contribution >= 0.6 is 11.6 Å². The maximum Gasteiger partial charge on any atom is 0.117 e. The number of hydrogen-bond donors (Lipinski definition) is 0. The van der Waals surface area contributed by atoms with Gasteiger partial charge >= 0.3 is 0 Å². The van der Waals surface area contributed by atoms with Crippen LogP contribution in [0.2, 0.25) is 0 Å². The van der Waals surface area contributed by atoms with Crippen LogP contribution < -0.4 is 4.74 Å². The molecule has 1 heterocycles. The van der Waals surface area contributed by atoms with E-state index in [1.54, 1.807) is 13.2 Å². The molecule has 0 aliphatic carbocycles. The number of hydrogen-bond acceptors (Lipinski definition) is 3. The normalized spacial score (nSPS) is 14.1. The molecule has 0 amide bonds. The fourth-order valence-corrected chi connectivity index (χ4v) is 2.17. The maximum absolute atomic E-state index is 6.04. The SMILES string of the molecule is C=C1C(Cl)=C[C-]=C(c2ccc(OCCCOC)cc2)N1C.[Y]. The third-order valence-corrected chi connectivity index (χ3v) is 3.57. The fourth-order valence-electron chi connectivity index (χ4n) is 1.99. The van der Waals surface area contributed by atoms with Crippen molar-refractivity contribution in [3.8, 4) is 5.75 Å². The summed E-state index contributed by atoms with van der Waals surface area (Å²) in [4.78, 5) is 1.93. The van der Waals surface area contributed by atoms with E-state index in [0.717, 1.165) is 29.1 Å². The second kappa shape index (κ2) is 9.51. The van der Waals surface area contributed by atoms with Crippen molar-refractivity contribution in [1.29, 1.82) is 0 Å². The van der Waals surface area contributed by atoms with E-state index < -0.39 is 0 Å². The van der Waals surface area contributed by atoms with Crippen molar-refractivity contribution in [3.05, 3.63) is 59.3 Å². The molecule has 1 radical (unpaired) electrons. The van der Waals surface area contributed by atoms with E-state index in [4.69, 9.17) is 21.1 Å². The first kappa shape index (κ1) is 19.4. The Bertz CT molecular complexity index is 567. The largest absolute Gasteiger partial charge is 0.494 e. The molecule has 1 aromatic rings. The van der Waals surface area contributed by atoms with Crippen molar-refractivity contribution in [3.63, 3.8) is 0 Å². The van der Waals surface area contributed by atoms with E-state index in [9.17, 15) is 0 Å². The molecule has 1 aliphatic rings. The first-order chi connectivity index (χ1) is 10.1. The van der Waals surface area contributed by atoms with Crippen LogP contribution in [0.3, 0.4) is 0 Å². The molecule has 0 saturated heterocycles. The Kier molecular flexibility index (Phi) is 8.41. The number of halogens is 1. The zero-order valence-corrected chi connectivity index (χ0v) is 16.5. The van der Waals surface area contributed by atoms with E-state index in [-0.39, 0.29) is 32.7 Å². The Balaban J connectivity index is 0.00000242. The summed E-state index contributed by atoms with van der Waals surface area (Å²) in [6, 6.07) is 7.91. The Labute approximate surface area is 162 Å². The second-order valence-corrected chi connectivity index (χ2v) is 5.12. The molecular weight excluding hydrogens is 375 g/mol. The van der Waals surface area contributed by atoms with Gasteiger partial charge in [-0.25, -0.2) is 0 Å². The van der Waals surface area contributed by atoms with E-state index in [1.807, 2.05) is 36.2 Å². The van der Waals surface area contributed by atoms with Crippen molar-refractivity contribution >= 4 is 17.3 Å². The number of likely N-dealkylation sites (N-methyl/N-ethyl adjacent to an activating group) is 1. The minimum atomic E-state index is 0. The third kappa shape index (κ3) is 4.95. The summed E-state index contributed by atoms with van der Waals surface area (Å²) in [5.74, 6) is 0.848. The van der Waals surface area contributed by atoms with Gasteiger partial charge in [-0.1, -0.05) is 17.8 Å². The van der Waals surface area contributed by atoms with Crippen LogP contribution in [0.25, 0.3) is 5.70 Å². The molecule has 0 N–H and O–H groups in total. The van der Waals surface area contributed by atoms with Crippen molar-refractivity contribution in [2.45, 2.75) is 6.42 Å². The van der Waals surface area contributed by atoms with Gasteiger partial charge in [0.15, 0.2) is 0 Å². The van der Waals surface area contributed by atoms with Crippen molar-refractivity contribution in [1.82, 2.24) is 4.90 Å². The molecule has 2 rings (SSSR count). The van der Waals surface area contributed by atoms with Crippen LogP contribution in [0.1, 0.15) is 12.0 Å². The Hall–Kier alpha value is -0.606. The first-order valence-electron chi connectivity index (χ1n) is 6.78. The van der Waals surface area contributed by atoms with Crippen molar-refractivity contribution in [2.24, 2.45) is 0 Å². The van der Waals surface area contributed by atoms with Crippen LogP contribution in [0.4, 0.5) is 0 Å². The topological polar surface area (TPSA) is 21.7 Å². The predicted molar refractivity (Wildman–Crippen MR) is 85.9 cm³/mol. The molecular formula is C17H19ClNO2Y-. The van der Waals surface area contributed by atoms with Gasteiger partial charge < -0.3 is 14.4 Å². The number of allylic oxidation sites excluding steroid dienone is 3. The van der Waals surface area contributed by atoms with Crippen LogP contribution in [-0.4, -0.2) is 32.3 Å².